The number of likely N-dealkylation sites (tertiary alicyclic amines) is 1. The van der Waals surface area contributed by atoms with Gasteiger partial charge in [-0.3, -0.25) is 24.1 Å². The summed E-state index contributed by atoms with van der Waals surface area (Å²) in [6.45, 7) is 74.7. The van der Waals surface area contributed by atoms with Crippen LogP contribution < -0.4 is 30.9 Å². The van der Waals surface area contributed by atoms with Crippen LogP contribution in [0.3, 0.4) is 0 Å². The number of benzene rings is 1. The molecule has 0 spiro atoms. The topological polar surface area (TPSA) is 231 Å². The third kappa shape index (κ3) is 39.1. The van der Waals surface area contributed by atoms with E-state index < -0.39 is 11.9 Å². The van der Waals surface area contributed by atoms with Gasteiger partial charge in [-0.1, -0.05) is 141 Å². The number of methoxy groups -OCH3 is 2. The first-order valence-corrected chi connectivity index (χ1v) is 45.3. The molecule has 1 aliphatic carbocycles. The predicted molar refractivity (Wildman–Crippen MR) is 485 cm³/mol. The van der Waals surface area contributed by atoms with Gasteiger partial charge < -0.3 is 59.9 Å². The number of carbonyl (C=O) groups is 4. The van der Waals surface area contributed by atoms with Gasteiger partial charge in [-0.15, -0.1) is 0 Å². The number of aryl methyl sites for hydroxylation is 1. The van der Waals surface area contributed by atoms with E-state index in [4.69, 9.17) is 33.9 Å². The summed E-state index contributed by atoms with van der Waals surface area (Å²) < 4.78 is 26.7. The van der Waals surface area contributed by atoms with Crippen molar-refractivity contribution in [3.8, 4) is 5.75 Å². The second-order valence-electron chi connectivity index (χ2n) is 46.9. The lowest BCUT2D eigenvalue weighted by Gasteiger charge is -2.54. The minimum absolute atomic E-state index is 0.00394. The minimum atomic E-state index is -0.413. The van der Waals surface area contributed by atoms with E-state index in [2.05, 4.69) is 281 Å². The number of esters is 4. The fourth-order valence-electron chi connectivity index (χ4n) is 21.2. The van der Waals surface area contributed by atoms with Gasteiger partial charge in [0, 0.05) is 101 Å². The molecular weight excluding hydrogens is 1470 g/mol. The number of nitrogens with zero attached hydrogens (tertiary/aromatic N) is 6. The maximum atomic E-state index is 12.3. The lowest BCUT2D eigenvalue weighted by molar-refractivity contribution is -0.156. The summed E-state index contributed by atoms with van der Waals surface area (Å²) in [5, 5.41) is 25.0. The smallest absolute Gasteiger partial charge is 0.306 e. The molecule has 2 aromatic rings. The summed E-state index contributed by atoms with van der Waals surface area (Å²) in [4.78, 5) is 69.4. The fraction of sp³-hybridized carbons (Fsp3) is 0.866. The molecule has 20 nitrogen and oxygen atoms in total. The monoisotopic (exact) mass is 1640 g/mol. The van der Waals surface area contributed by atoms with Gasteiger partial charge in [0.05, 0.1) is 33.2 Å². The standard InChI is InChI=1S/C37H72N8.C29H53NO4.C16H29NO5.C15H24O/c1-27-38-30(41-37(13,14)26-32(2,3)4)40-31(39-27)45(29-24-35(9,10)43-36(11,12)25-29)21-19-17-16-18-20-44(15)28-22-33(5,6)42-34(7,8)23-28;1-26(2)17-22(18-27(3,4)21-26)33-24(31)15-13-11-9-10-12-14-16-25(32)34-23-19-28(5,6)30-29(7,8)20-23;1-15(2)10-12(18)11-16(3,4)17(15)8-9-22-14(20)7-6-13(19)21-5;1-14(2,3)11-8-9-13(16-7)12(10-11)15(4,5)6/h28-29,42-43H,16-26H2,1-15H3,(H,38,39,40,41);22-23,30H,9-21H2,1-8H3;12,18H,6-11H2,1-5H3;8-10H,1-7H3. The molecule has 1 aromatic heterocycles. The summed E-state index contributed by atoms with van der Waals surface area (Å²) in [5.74, 6) is 2.38. The van der Waals surface area contributed by atoms with Crippen LogP contribution in [0.2, 0.25) is 0 Å². The highest BCUT2D eigenvalue weighted by atomic mass is 16.6. The molecule has 676 valence electrons. The molecule has 5 N–H and O–H groups in total. The van der Waals surface area contributed by atoms with E-state index >= 15 is 0 Å². The van der Waals surface area contributed by atoms with E-state index in [1.807, 2.05) is 6.92 Å². The van der Waals surface area contributed by atoms with Crippen LogP contribution >= 0.6 is 0 Å². The Morgan fingerprint density at radius 2 is 0.940 bits per heavy atom. The highest BCUT2D eigenvalue weighted by Gasteiger charge is 2.47. The second-order valence-corrected chi connectivity index (χ2v) is 46.9. The van der Waals surface area contributed by atoms with E-state index in [9.17, 15) is 24.3 Å². The number of anilines is 2. The van der Waals surface area contributed by atoms with E-state index in [0.717, 1.165) is 114 Å². The lowest BCUT2D eigenvalue weighted by atomic mass is 9.64. The number of aliphatic hydroxyl groups excluding tert-OH is 1. The number of rotatable bonds is 31. The summed E-state index contributed by atoms with van der Waals surface area (Å²) in [6, 6.07) is 7.53. The van der Waals surface area contributed by atoms with Gasteiger partial charge in [0.25, 0.3) is 0 Å². The maximum Gasteiger partial charge on any atom is 0.306 e. The number of aromatic nitrogens is 3. The van der Waals surface area contributed by atoms with Crippen molar-refractivity contribution in [1.82, 2.24) is 40.7 Å². The van der Waals surface area contributed by atoms with Crippen LogP contribution in [0.5, 0.6) is 5.75 Å². The number of hydrogen-bond acceptors (Lipinski definition) is 20. The number of hydrogen-bond donors (Lipinski definition) is 5. The van der Waals surface area contributed by atoms with Crippen LogP contribution in [0.25, 0.3) is 0 Å². The Hall–Kier alpha value is -4.73. The molecule has 0 radical (unpaired) electrons. The quantitative estimate of drug-likeness (QED) is 0.0268. The van der Waals surface area contributed by atoms with Gasteiger partial charge in [-0.05, 0) is 279 Å². The van der Waals surface area contributed by atoms with Gasteiger partial charge in [0.2, 0.25) is 11.9 Å². The van der Waals surface area contributed by atoms with Crippen molar-refractivity contribution < 1.29 is 48.0 Å². The van der Waals surface area contributed by atoms with Crippen LogP contribution in [0.1, 0.15) is 399 Å². The Morgan fingerprint density at radius 3 is 1.38 bits per heavy atom. The Bertz CT molecular complexity index is 3270. The van der Waals surface area contributed by atoms with Crippen LogP contribution in [-0.2, 0) is 49.0 Å². The molecule has 4 saturated heterocycles. The molecule has 1 saturated carbocycles. The van der Waals surface area contributed by atoms with Crippen molar-refractivity contribution in [3.05, 3.63) is 35.2 Å². The zero-order valence-electron chi connectivity index (χ0n) is 81.6. The van der Waals surface area contributed by atoms with Crippen molar-refractivity contribution >= 4 is 35.8 Å². The lowest BCUT2D eigenvalue weighted by Crippen LogP contribution is -2.62. The summed E-state index contributed by atoms with van der Waals surface area (Å²) in [5.41, 5.74) is 3.63. The van der Waals surface area contributed by atoms with E-state index in [1.54, 1.807) is 7.11 Å². The van der Waals surface area contributed by atoms with Crippen LogP contribution in [0, 0.1) is 23.2 Å². The van der Waals surface area contributed by atoms with E-state index in [1.165, 1.54) is 63.3 Å². The minimum Gasteiger partial charge on any atom is -0.496 e. The predicted octanol–water partition coefficient (Wildman–Crippen LogP) is 20.6. The molecule has 117 heavy (non-hydrogen) atoms. The molecular formula is C97H178N10O10. The van der Waals surface area contributed by atoms with Crippen molar-refractivity contribution in [1.29, 1.82) is 0 Å². The molecule has 7 rings (SSSR count). The van der Waals surface area contributed by atoms with Crippen LogP contribution in [-0.4, -0.2) is 181 Å². The Morgan fingerprint density at radius 1 is 0.513 bits per heavy atom. The third-order valence-electron chi connectivity index (χ3n) is 23.9. The van der Waals surface area contributed by atoms with E-state index in [-0.39, 0.29) is 127 Å². The zero-order chi connectivity index (χ0) is 89.2. The first kappa shape index (κ1) is 105. The molecule has 5 heterocycles. The second kappa shape index (κ2) is 42.6. The van der Waals surface area contributed by atoms with Gasteiger partial charge in [-0.25, -0.2) is 0 Å². The van der Waals surface area contributed by atoms with Crippen LogP contribution in [0.4, 0.5) is 11.9 Å². The SMILES string of the molecule is CC1(C)CC(OC(=O)CCCCCCCCC(=O)OC2CC(C)(C)NC(C)(C)C2)CC(C)(C)C1.COC(=O)CCC(=O)OCCN1C(C)(C)CC(O)CC1(C)C.COc1ccc(C(C)(C)C)cc1C(C)(C)C.Cc1nc(NC(C)(C)CC(C)(C)C)nc(N(CCCCCCN(C)C2CC(C)(C)NC(C)(C)C2)C2CC(C)(C)NC(C)(C)C2)n1. The Kier molecular flexibility index (Phi) is 38.1. The molecule has 5 fully saturated rings. The summed E-state index contributed by atoms with van der Waals surface area (Å²) in [6.07, 6.45) is 23.6. The maximum absolute atomic E-state index is 12.3. The Labute approximate surface area is 715 Å². The number of piperidine rings is 4. The first-order chi connectivity index (χ1) is 53.2. The van der Waals surface area contributed by atoms with Crippen molar-refractivity contribution in [3.63, 3.8) is 0 Å². The highest BCUT2D eigenvalue weighted by molar-refractivity contribution is 5.77. The zero-order valence-corrected chi connectivity index (χ0v) is 81.6. The normalized spacial score (nSPS) is 21.2. The average molecular weight is 1640 g/mol. The van der Waals surface area contributed by atoms with Gasteiger partial charge in [-0.2, -0.15) is 15.0 Å². The van der Waals surface area contributed by atoms with Gasteiger partial charge >= 0.3 is 23.9 Å². The first-order valence-electron chi connectivity index (χ1n) is 45.3. The van der Waals surface area contributed by atoms with Gasteiger partial charge in [0.1, 0.15) is 30.4 Å². The number of unbranched alkanes of at least 4 members (excludes halogenated alkanes) is 8. The molecule has 0 amide bonds. The molecule has 5 aliphatic rings. The Balaban J connectivity index is 0.000000351. The van der Waals surface area contributed by atoms with Crippen LogP contribution in [0.15, 0.2) is 18.2 Å². The molecule has 0 atom stereocenters. The third-order valence-corrected chi connectivity index (χ3v) is 23.9. The number of aliphatic hydroxyl groups is 1. The van der Waals surface area contributed by atoms with Crippen molar-refractivity contribution in [2.45, 2.75) is 480 Å². The summed E-state index contributed by atoms with van der Waals surface area (Å²) in [7, 11) is 5.37. The number of ether oxygens (including phenoxy) is 5. The fourth-order valence-corrected chi connectivity index (χ4v) is 21.2. The molecule has 0 bridgehead atoms. The summed E-state index contributed by atoms with van der Waals surface area (Å²) >= 11 is 0. The largest absolute Gasteiger partial charge is 0.496 e. The number of nitrogens with one attached hydrogen (secondary N) is 4. The van der Waals surface area contributed by atoms with Crippen molar-refractivity contribution in [2.75, 3.05) is 57.7 Å². The molecule has 20 heteroatoms. The molecule has 0 unspecified atom stereocenters. The number of carbonyl (C=O) groups excluding carboxylic acids is 4. The highest BCUT2D eigenvalue weighted by Crippen LogP contribution is 2.47. The average Bonchev–Trinajstić information content (AvgIpc) is 0.795. The van der Waals surface area contributed by atoms with E-state index in [0.29, 0.717) is 50.3 Å². The molecule has 4 aliphatic heterocycles. The van der Waals surface area contributed by atoms with Crippen molar-refractivity contribution in [2.24, 2.45) is 16.2 Å². The van der Waals surface area contributed by atoms with Gasteiger partial charge in [0.15, 0.2) is 0 Å². The molecule has 1 aromatic carbocycles.